The number of hydrogen-bond acceptors (Lipinski definition) is 7. The maximum Gasteiger partial charge on any atom is 0.357 e. The van der Waals surface area contributed by atoms with Gasteiger partial charge in [0.05, 0.1) is 17.2 Å². The Labute approximate surface area is 216 Å². The van der Waals surface area contributed by atoms with E-state index in [0.29, 0.717) is 12.3 Å². The zero-order valence-corrected chi connectivity index (χ0v) is 24.5. The molecule has 0 bridgehead atoms. The van der Waals surface area contributed by atoms with Crippen molar-refractivity contribution in [1.82, 2.24) is 14.8 Å². The van der Waals surface area contributed by atoms with Gasteiger partial charge in [0.1, 0.15) is 0 Å². The van der Waals surface area contributed by atoms with E-state index < -0.39 is 11.5 Å². The first-order valence-corrected chi connectivity index (χ1v) is 13.7. The average Bonchev–Trinajstić information content (AvgIpc) is 3.29. The number of esters is 1. The van der Waals surface area contributed by atoms with Crippen molar-refractivity contribution >= 4 is 29.0 Å². The molecule has 200 valence electrons. The highest BCUT2D eigenvalue weighted by molar-refractivity contribution is 7.09. The lowest BCUT2D eigenvalue weighted by atomic mass is 9.81. The van der Waals surface area contributed by atoms with Gasteiger partial charge in [-0.3, -0.25) is 14.5 Å². The molecule has 7 nitrogen and oxygen atoms in total. The minimum atomic E-state index is -0.627. The maximum absolute atomic E-state index is 13.8. The predicted molar refractivity (Wildman–Crippen MR) is 143 cm³/mol. The lowest BCUT2D eigenvalue weighted by molar-refractivity contribution is -0.143. The van der Waals surface area contributed by atoms with Crippen molar-refractivity contribution in [1.29, 1.82) is 0 Å². The van der Waals surface area contributed by atoms with Crippen molar-refractivity contribution in [2.24, 2.45) is 17.8 Å². The Morgan fingerprint density at radius 3 is 2.17 bits per heavy atom. The Morgan fingerprint density at radius 1 is 1.09 bits per heavy atom. The quantitative estimate of drug-likeness (QED) is 0.318. The Balaban J connectivity index is 3.09. The van der Waals surface area contributed by atoms with Crippen LogP contribution < -0.4 is 0 Å². The molecule has 1 aromatic heterocycles. The molecule has 0 aliphatic heterocycles. The molecule has 1 amide bonds. The van der Waals surface area contributed by atoms with E-state index in [9.17, 15) is 14.4 Å². The van der Waals surface area contributed by atoms with E-state index in [0.717, 1.165) is 17.8 Å². The number of ether oxygens (including phenoxy) is 1. The van der Waals surface area contributed by atoms with Crippen LogP contribution >= 0.6 is 11.3 Å². The van der Waals surface area contributed by atoms with Crippen LogP contribution in [-0.4, -0.2) is 71.8 Å². The van der Waals surface area contributed by atoms with Crippen LogP contribution in [0.1, 0.15) is 96.1 Å². The molecule has 1 rings (SSSR count). The molecule has 0 aromatic carbocycles. The van der Waals surface area contributed by atoms with Crippen LogP contribution in [0.4, 0.5) is 0 Å². The Morgan fingerprint density at radius 2 is 1.69 bits per heavy atom. The molecule has 1 heterocycles. The van der Waals surface area contributed by atoms with Crippen LogP contribution in [0, 0.1) is 17.8 Å². The fourth-order valence-electron chi connectivity index (χ4n) is 4.09. The maximum atomic E-state index is 13.8. The average molecular weight is 510 g/mol. The van der Waals surface area contributed by atoms with Crippen LogP contribution in [0.3, 0.4) is 0 Å². The molecule has 0 unspecified atom stereocenters. The number of nitrogens with zero attached hydrogens (tertiary/aromatic N) is 3. The van der Waals surface area contributed by atoms with E-state index in [2.05, 4.69) is 39.6 Å². The standard InChI is InChI=1S/C27H47N3O4S/c1-12-18(5)20(15-23(31)27(7,8)29(9)10)25(32)30(11)22(17(3)4)14-19(6)24-28-21(16-35-24)26(33)34-13-2/h16-20,22H,12-15H2,1-11H3/t18-,19+,20-,22+/m0/s1. The molecule has 0 saturated heterocycles. The van der Waals surface area contributed by atoms with Gasteiger partial charge >= 0.3 is 5.97 Å². The minimum absolute atomic E-state index is 0.0176. The van der Waals surface area contributed by atoms with E-state index in [1.807, 2.05) is 44.8 Å². The fraction of sp³-hybridized carbons (Fsp3) is 0.778. The van der Waals surface area contributed by atoms with Crippen molar-refractivity contribution < 1.29 is 19.1 Å². The number of rotatable bonds is 14. The SMILES string of the molecule is CCOC(=O)c1csc([C@H](C)C[C@H](C(C)C)N(C)C(=O)[C@@H](CC(=O)C(C)(C)N(C)C)[C@@H](C)CC)n1. The highest BCUT2D eigenvalue weighted by Crippen LogP contribution is 2.31. The molecule has 0 spiro atoms. The first-order valence-electron chi connectivity index (χ1n) is 12.8. The highest BCUT2D eigenvalue weighted by Gasteiger charge is 2.38. The van der Waals surface area contributed by atoms with Crippen LogP contribution in [0.15, 0.2) is 5.38 Å². The molecule has 0 saturated carbocycles. The first kappa shape index (κ1) is 31.2. The molecule has 0 radical (unpaired) electrons. The van der Waals surface area contributed by atoms with Crippen molar-refractivity contribution in [3.63, 3.8) is 0 Å². The monoisotopic (exact) mass is 509 g/mol. The number of carbonyl (C=O) groups is 3. The lowest BCUT2D eigenvalue weighted by Crippen LogP contribution is -2.49. The second kappa shape index (κ2) is 13.5. The van der Waals surface area contributed by atoms with Crippen LogP contribution in [-0.2, 0) is 14.3 Å². The number of carbonyl (C=O) groups excluding carboxylic acids is 3. The summed E-state index contributed by atoms with van der Waals surface area (Å²) in [6.45, 7) is 16.4. The van der Waals surface area contributed by atoms with Gasteiger partial charge in [-0.05, 0) is 53.1 Å². The summed E-state index contributed by atoms with van der Waals surface area (Å²) in [5, 5.41) is 2.60. The topological polar surface area (TPSA) is 79.8 Å². The van der Waals surface area contributed by atoms with Gasteiger partial charge in [0.2, 0.25) is 5.91 Å². The third kappa shape index (κ3) is 8.10. The van der Waals surface area contributed by atoms with Gasteiger partial charge in [0.25, 0.3) is 0 Å². The summed E-state index contributed by atoms with van der Waals surface area (Å²) in [5.41, 5.74) is -0.291. The predicted octanol–water partition coefficient (Wildman–Crippen LogP) is 5.26. The summed E-state index contributed by atoms with van der Waals surface area (Å²) in [5.74, 6) is -0.259. The fourth-order valence-corrected chi connectivity index (χ4v) is 4.95. The largest absolute Gasteiger partial charge is 0.461 e. The zero-order chi connectivity index (χ0) is 27.1. The van der Waals surface area contributed by atoms with Crippen LogP contribution in [0.25, 0.3) is 0 Å². The second-order valence-electron chi connectivity index (χ2n) is 10.8. The summed E-state index contributed by atoms with van der Waals surface area (Å²) in [6, 6.07) is -0.0176. The van der Waals surface area contributed by atoms with Crippen molar-refractivity contribution in [3.8, 4) is 0 Å². The van der Waals surface area contributed by atoms with Gasteiger partial charge in [-0.2, -0.15) is 0 Å². The molecule has 0 aliphatic carbocycles. The Hall–Kier alpha value is -1.80. The molecule has 35 heavy (non-hydrogen) atoms. The number of Topliss-reactive ketones (excluding diaryl/α,β-unsaturated/α-hetero) is 1. The van der Waals surface area contributed by atoms with Crippen LogP contribution in [0.2, 0.25) is 0 Å². The lowest BCUT2D eigenvalue weighted by Gasteiger charge is -2.38. The summed E-state index contributed by atoms with van der Waals surface area (Å²) in [4.78, 5) is 47.2. The minimum Gasteiger partial charge on any atom is -0.461 e. The second-order valence-corrected chi connectivity index (χ2v) is 11.7. The van der Waals surface area contributed by atoms with E-state index in [1.54, 1.807) is 12.3 Å². The van der Waals surface area contributed by atoms with E-state index >= 15 is 0 Å². The Kier molecular flexibility index (Phi) is 12.0. The van der Waals surface area contributed by atoms with E-state index in [1.165, 1.54) is 11.3 Å². The summed E-state index contributed by atoms with van der Waals surface area (Å²) < 4.78 is 5.06. The number of thiazole rings is 1. The van der Waals surface area contributed by atoms with Gasteiger partial charge in [-0.25, -0.2) is 9.78 Å². The van der Waals surface area contributed by atoms with E-state index in [4.69, 9.17) is 4.74 Å². The summed E-state index contributed by atoms with van der Waals surface area (Å²) in [6.07, 6.45) is 1.79. The summed E-state index contributed by atoms with van der Waals surface area (Å²) >= 11 is 1.45. The van der Waals surface area contributed by atoms with Crippen LogP contribution in [0.5, 0.6) is 0 Å². The summed E-state index contributed by atoms with van der Waals surface area (Å²) in [7, 11) is 5.65. The number of amides is 1. The number of aromatic nitrogens is 1. The van der Waals surface area contributed by atoms with Crippen molar-refractivity contribution in [2.45, 2.75) is 92.2 Å². The molecule has 4 atom stereocenters. The van der Waals surface area contributed by atoms with Gasteiger partial charge in [0, 0.05) is 36.7 Å². The number of likely N-dealkylation sites (N-methyl/N-ethyl adjacent to an activating group) is 1. The Bertz CT molecular complexity index is 849. The molecule has 1 aromatic rings. The van der Waals surface area contributed by atoms with Gasteiger partial charge in [0.15, 0.2) is 11.5 Å². The molecule has 8 heteroatoms. The van der Waals surface area contributed by atoms with Crippen molar-refractivity contribution in [2.75, 3.05) is 27.7 Å². The number of ketones is 1. The molecule has 0 fully saturated rings. The third-order valence-electron chi connectivity index (χ3n) is 7.49. The number of hydrogen-bond donors (Lipinski definition) is 0. The zero-order valence-electron chi connectivity index (χ0n) is 23.7. The van der Waals surface area contributed by atoms with Gasteiger partial charge in [-0.1, -0.05) is 41.0 Å². The third-order valence-corrected chi connectivity index (χ3v) is 8.57. The highest BCUT2D eigenvalue weighted by atomic mass is 32.1. The smallest absolute Gasteiger partial charge is 0.357 e. The van der Waals surface area contributed by atoms with Crippen molar-refractivity contribution in [3.05, 3.63) is 16.1 Å². The van der Waals surface area contributed by atoms with Gasteiger partial charge in [-0.15, -0.1) is 11.3 Å². The first-order chi connectivity index (χ1) is 16.2. The van der Waals surface area contributed by atoms with E-state index in [-0.39, 0.29) is 47.8 Å². The molecule has 0 N–H and O–H groups in total. The normalized spacial score (nSPS) is 15.6. The van der Waals surface area contributed by atoms with Gasteiger partial charge < -0.3 is 9.64 Å². The molecular weight excluding hydrogens is 462 g/mol. The molecular formula is C27H47N3O4S. The molecule has 0 aliphatic rings.